The molecule has 5 heteroatoms. The van der Waals surface area contributed by atoms with E-state index in [0.29, 0.717) is 10.5 Å². The van der Waals surface area contributed by atoms with E-state index in [0.717, 1.165) is 18.5 Å². The maximum Gasteiger partial charge on any atom is 0.270 e. The van der Waals surface area contributed by atoms with Crippen molar-refractivity contribution in [3.63, 3.8) is 0 Å². The van der Waals surface area contributed by atoms with Gasteiger partial charge in [-0.1, -0.05) is 31.5 Å². The molecule has 0 radical (unpaired) electrons. The Bertz CT molecular complexity index is 630. The van der Waals surface area contributed by atoms with E-state index in [1.807, 2.05) is 37.3 Å². The molecule has 2 aromatic rings. The van der Waals surface area contributed by atoms with Crippen molar-refractivity contribution < 1.29 is 4.79 Å². The van der Waals surface area contributed by atoms with Crippen molar-refractivity contribution in [1.29, 1.82) is 0 Å². The van der Waals surface area contributed by atoms with Gasteiger partial charge in [-0.3, -0.25) is 9.36 Å². The van der Waals surface area contributed by atoms with Gasteiger partial charge >= 0.3 is 0 Å². The molecule has 0 aliphatic rings. The first-order valence-corrected chi connectivity index (χ1v) is 7.21. The minimum atomic E-state index is -0.109. The Labute approximate surface area is 123 Å². The van der Waals surface area contributed by atoms with E-state index in [1.165, 1.54) is 0 Å². The molecule has 0 fully saturated rings. The van der Waals surface area contributed by atoms with Gasteiger partial charge in [0.2, 0.25) is 0 Å². The molecule has 0 aliphatic heterocycles. The van der Waals surface area contributed by atoms with Crippen LogP contribution in [0.4, 0.5) is 0 Å². The van der Waals surface area contributed by atoms with Gasteiger partial charge in [0, 0.05) is 17.9 Å². The Hall–Kier alpha value is -1.88. The van der Waals surface area contributed by atoms with E-state index in [1.54, 1.807) is 10.8 Å². The second-order valence-corrected chi connectivity index (χ2v) is 5.20. The fourth-order valence-electron chi connectivity index (χ4n) is 2.17. The monoisotopic (exact) mass is 289 g/mol. The molecule has 0 aliphatic carbocycles. The Morgan fingerprint density at radius 2 is 2.10 bits per heavy atom. The van der Waals surface area contributed by atoms with Gasteiger partial charge in [-0.2, -0.15) is 0 Å². The molecule has 106 valence electrons. The maximum absolute atomic E-state index is 12.3. The van der Waals surface area contributed by atoms with Crippen LogP contribution < -0.4 is 5.32 Å². The van der Waals surface area contributed by atoms with Crippen LogP contribution in [-0.4, -0.2) is 21.5 Å². The Morgan fingerprint density at radius 1 is 1.40 bits per heavy atom. The first-order chi connectivity index (χ1) is 9.63. The number of benzene rings is 1. The number of carbonyl (C=O) groups excluding carboxylic acids is 1. The van der Waals surface area contributed by atoms with Crippen molar-refractivity contribution in [2.45, 2.75) is 32.7 Å². The van der Waals surface area contributed by atoms with Crippen LogP contribution in [0.25, 0.3) is 5.69 Å². The number of carbonyl (C=O) groups is 1. The lowest BCUT2D eigenvalue weighted by atomic mass is 10.2. The highest BCUT2D eigenvalue weighted by Crippen LogP contribution is 2.12. The number of rotatable bonds is 5. The van der Waals surface area contributed by atoms with Crippen LogP contribution in [0.2, 0.25) is 0 Å². The molecule has 0 unspecified atom stereocenters. The van der Waals surface area contributed by atoms with Crippen molar-refractivity contribution in [3.05, 3.63) is 47.0 Å². The highest BCUT2D eigenvalue weighted by Gasteiger charge is 2.15. The third-order valence-electron chi connectivity index (χ3n) is 3.12. The fourth-order valence-corrected chi connectivity index (χ4v) is 2.43. The van der Waals surface area contributed by atoms with Crippen molar-refractivity contribution in [2.24, 2.45) is 0 Å². The predicted molar refractivity (Wildman–Crippen MR) is 82.8 cm³/mol. The molecular weight excluding hydrogens is 270 g/mol. The van der Waals surface area contributed by atoms with Gasteiger partial charge in [-0.25, -0.2) is 0 Å². The molecule has 1 heterocycles. The summed E-state index contributed by atoms with van der Waals surface area (Å²) >= 11 is 5.27. The first kappa shape index (κ1) is 14.5. The van der Waals surface area contributed by atoms with E-state index in [-0.39, 0.29) is 11.9 Å². The summed E-state index contributed by atoms with van der Waals surface area (Å²) < 4.78 is 2.27. The van der Waals surface area contributed by atoms with Crippen LogP contribution in [0.1, 0.15) is 37.2 Å². The van der Waals surface area contributed by atoms with Crippen molar-refractivity contribution in [1.82, 2.24) is 14.9 Å². The topological polar surface area (TPSA) is 49.8 Å². The van der Waals surface area contributed by atoms with Crippen LogP contribution in [-0.2, 0) is 0 Å². The van der Waals surface area contributed by atoms with E-state index in [2.05, 4.69) is 17.2 Å². The molecule has 4 nitrogen and oxygen atoms in total. The first-order valence-electron chi connectivity index (χ1n) is 6.80. The molecule has 0 bridgehead atoms. The van der Waals surface area contributed by atoms with Crippen molar-refractivity contribution >= 4 is 18.1 Å². The highest BCUT2D eigenvalue weighted by molar-refractivity contribution is 7.71. The molecule has 1 amide bonds. The van der Waals surface area contributed by atoms with Crippen molar-refractivity contribution in [3.8, 4) is 5.69 Å². The molecule has 0 spiro atoms. The average Bonchev–Trinajstić information content (AvgIpc) is 2.82. The standard InChI is InChI=1S/C15H19N3OS/c1-3-7-11(2)17-14(19)13-10-16-15(20)18(13)12-8-5-4-6-9-12/h4-6,8-11H,3,7H2,1-2H3,(H,16,20)(H,17,19)/t11-/m0/s1. The van der Waals surface area contributed by atoms with Crippen LogP contribution in [0.5, 0.6) is 0 Å². The van der Waals surface area contributed by atoms with Gasteiger partial charge in [0.05, 0.1) is 0 Å². The predicted octanol–water partition coefficient (Wildman–Crippen LogP) is 3.45. The normalized spacial score (nSPS) is 12.1. The number of imidazole rings is 1. The minimum Gasteiger partial charge on any atom is -0.348 e. The SMILES string of the molecule is CCC[C@H](C)NC(=O)c1c[nH]c(=S)n1-c1ccccc1. The molecule has 1 atom stereocenters. The zero-order chi connectivity index (χ0) is 14.5. The number of amides is 1. The van der Waals surface area contributed by atoms with Gasteiger partial charge < -0.3 is 10.3 Å². The van der Waals surface area contributed by atoms with E-state index in [4.69, 9.17) is 12.2 Å². The molecule has 1 aromatic carbocycles. The fraction of sp³-hybridized carbons (Fsp3) is 0.333. The Balaban J connectivity index is 2.30. The van der Waals surface area contributed by atoms with Crippen LogP contribution in [0.3, 0.4) is 0 Å². The second kappa shape index (κ2) is 6.52. The number of nitrogens with zero attached hydrogens (tertiary/aromatic N) is 1. The molecule has 2 rings (SSSR count). The number of para-hydroxylation sites is 1. The van der Waals surface area contributed by atoms with Gasteiger partial charge in [0.1, 0.15) is 5.69 Å². The average molecular weight is 289 g/mol. The lowest BCUT2D eigenvalue weighted by Gasteiger charge is -2.14. The summed E-state index contributed by atoms with van der Waals surface area (Å²) in [6.45, 7) is 4.11. The molecule has 2 N–H and O–H groups in total. The number of hydrogen-bond donors (Lipinski definition) is 2. The summed E-state index contributed by atoms with van der Waals surface area (Å²) in [5.74, 6) is -0.109. The van der Waals surface area contributed by atoms with E-state index >= 15 is 0 Å². The van der Waals surface area contributed by atoms with Gasteiger partial charge in [-0.05, 0) is 37.7 Å². The highest BCUT2D eigenvalue weighted by atomic mass is 32.1. The van der Waals surface area contributed by atoms with E-state index in [9.17, 15) is 4.79 Å². The lowest BCUT2D eigenvalue weighted by molar-refractivity contribution is 0.0931. The number of aromatic amines is 1. The van der Waals surface area contributed by atoms with Gasteiger partial charge in [-0.15, -0.1) is 0 Å². The second-order valence-electron chi connectivity index (χ2n) is 4.81. The summed E-state index contributed by atoms with van der Waals surface area (Å²) in [4.78, 5) is 15.3. The molecular formula is C15H19N3OS. The largest absolute Gasteiger partial charge is 0.348 e. The summed E-state index contributed by atoms with van der Waals surface area (Å²) in [7, 11) is 0. The molecule has 0 saturated carbocycles. The molecule has 20 heavy (non-hydrogen) atoms. The third-order valence-corrected chi connectivity index (χ3v) is 3.42. The summed E-state index contributed by atoms with van der Waals surface area (Å²) in [5, 5.41) is 2.99. The maximum atomic E-state index is 12.3. The Kier molecular flexibility index (Phi) is 4.74. The summed E-state index contributed by atoms with van der Waals surface area (Å²) in [6, 6.07) is 9.78. The van der Waals surface area contributed by atoms with Crippen LogP contribution >= 0.6 is 12.2 Å². The number of H-pyrrole nitrogens is 1. The Morgan fingerprint density at radius 3 is 2.75 bits per heavy atom. The summed E-state index contributed by atoms with van der Waals surface area (Å²) in [5.41, 5.74) is 1.41. The number of hydrogen-bond acceptors (Lipinski definition) is 2. The zero-order valence-corrected chi connectivity index (χ0v) is 12.5. The number of aromatic nitrogens is 2. The van der Waals surface area contributed by atoms with E-state index < -0.39 is 0 Å². The van der Waals surface area contributed by atoms with Crippen LogP contribution in [0.15, 0.2) is 36.5 Å². The summed E-state index contributed by atoms with van der Waals surface area (Å²) in [6.07, 6.45) is 3.66. The quantitative estimate of drug-likeness (QED) is 0.828. The van der Waals surface area contributed by atoms with Crippen LogP contribution in [0, 0.1) is 4.77 Å². The van der Waals surface area contributed by atoms with Gasteiger partial charge in [0.25, 0.3) is 5.91 Å². The lowest BCUT2D eigenvalue weighted by Crippen LogP contribution is -2.33. The van der Waals surface area contributed by atoms with Crippen molar-refractivity contribution in [2.75, 3.05) is 0 Å². The van der Waals surface area contributed by atoms with Gasteiger partial charge in [0.15, 0.2) is 4.77 Å². The molecule has 0 saturated heterocycles. The smallest absolute Gasteiger partial charge is 0.270 e. The number of nitrogens with one attached hydrogen (secondary N) is 2. The minimum absolute atomic E-state index is 0.109. The third kappa shape index (κ3) is 3.17. The zero-order valence-electron chi connectivity index (χ0n) is 11.7. The molecule has 1 aromatic heterocycles.